The minimum absolute atomic E-state index is 0.0415. The standard InChI is InChI=1S/C19H22N2O3S/c1-13-5-7-15(8-6-13)20-25(23,24)16-9-10-18-17(11-16)19(3,4)12-21(18)14(2)22/h5-11,20H,12H2,1-4H3. The first-order chi connectivity index (χ1) is 11.6. The summed E-state index contributed by atoms with van der Waals surface area (Å²) in [6.45, 7) is 8.04. The maximum absolute atomic E-state index is 12.7. The molecular weight excluding hydrogens is 336 g/mol. The molecule has 0 saturated carbocycles. The molecule has 0 aliphatic carbocycles. The quantitative estimate of drug-likeness (QED) is 0.914. The van der Waals surface area contributed by atoms with Crippen molar-refractivity contribution in [2.45, 2.75) is 38.0 Å². The molecule has 1 aliphatic rings. The molecule has 3 rings (SSSR count). The highest BCUT2D eigenvalue weighted by Gasteiger charge is 2.37. The highest BCUT2D eigenvalue weighted by atomic mass is 32.2. The first-order valence-corrected chi connectivity index (χ1v) is 9.61. The van der Waals surface area contributed by atoms with Crippen molar-refractivity contribution >= 4 is 27.3 Å². The van der Waals surface area contributed by atoms with E-state index in [1.165, 1.54) is 6.92 Å². The molecule has 0 saturated heterocycles. The smallest absolute Gasteiger partial charge is 0.261 e. The third-order valence-electron chi connectivity index (χ3n) is 4.54. The van der Waals surface area contributed by atoms with Crippen LogP contribution in [0.4, 0.5) is 11.4 Å². The van der Waals surface area contributed by atoms with Gasteiger partial charge in [-0.1, -0.05) is 31.5 Å². The van der Waals surface area contributed by atoms with E-state index in [9.17, 15) is 13.2 Å². The molecule has 2 aromatic rings. The topological polar surface area (TPSA) is 66.5 Å². The number of rotatable bonds is 3. The SMILES string of the molecule is CC(=O)N1CC(C)(C)c2cc(S(=O)(=O)Nc3ccc(C)cc3)ccc21. The molecule has 0 aromatic heterocycles. The van der Waals surface area contributed by atoms with E-state index in [4.69, 9.17) is 0 Å². The molecule has 0 radical (unpaired) electrons. The summed E-state index contributed by atoms with van der Waals surface area (Å²) in [5, 5.41) is 0. The average molecular weight is 358 g/mol. The molecule has 1 aliphatic heterocycles. The number of carbonyl (C=O) groups is 1. The van der Waals surface area contributed by atoms with Crippen molar-refractivity contribution in [3.8, 4) is 0 Å². The van der Waals surface area contributed by atoms with E-state index < -0.39 is 10.0 Å². The monoisotopic (exact) mass is 358 g/mol. The summed E-state index contributed by atoms with van der Waals surface area (Å²) in [5.74, 6) is -0.0415. The van der Waals surface area contributed by atoms with Gasteiger partial charge >= 0.3 is 0 Å². The Morgan fingerprint density at radius 3 is 2.36 bits per heavy atom. The molecule has 25 heavy (non-hydrogen) atoms. The van der Waals surface area contributed by atoms with Crippen LogP contribution >= 0.6 is 0 Å². The van der Waals surface area contributed by atoms with Gasteiger partial charge in [0.1, 0.15) is 0 Å². The number of nitrogens with one attached hydrogen (secondary N) is 1. The maximum Gasteiger partial charge on any atom is 0.261 e. The number of hydrogen-bond acceptors (Lipinski definition) is 3. The van der Waals surface area contributed by atoms with Crippen molar-refractivity contribution in [1.82, 2.24) is 0 Å². The summed E-state index contributed by atoms with van der Waals surface area (Å²) in [4.78, 5) is 13.7. The van der Waals surface area contributed by atoms with Crippen molar-refractivity contribution in [2.24, 2.45) is 0 Å². The minimum atomic E-state index is -3.69. The third kappa shape index (κ3) is 3.26. The van der Waals surface area contributed by atoms with E-state index in [0.717, 1.165) is 16.8 Å². The Morgan fingerprint density at radius 1 is 1.12 bits per heavy atom. The van der Waals surface area contributed by atoms with Gasteiger partial charge in [-0.05, 0) is 42.8 Å². The fourth-order valence-electron chi connectivity index (χ4n) is 3.14. The van der Waals surface area contributed by atoms with Crippen LogP contribution in [-0.2, 0) is 20.2 Å². The lowest BCUT2D eigenvalue weighted by atomic mass is 9.87. The Hall–Kier alpha value is -2.34. The molecule has 0 bridgehead atoms. The predicted molar refractivity (Wildman–Crippen MR) is 99.5 cm³/mol. The molecule has 0 unspecified atom stereocenters. The van der Waals surface area contributed by atoms with Crippen molar-refractivity contribution in [3.63, 3.8) is 0 Å². The molecule has 5 nitrogen and oxygen atoms in total. The van der Waals surface area contributed by atoms with Crippen molar-refractivity contribution < 1.29 is 13.2 Å². The molecule has 2 aromatic carbocycles. The number of sulfonamides is 1. The fraction of sp³-hybridized carbons (Fsp3) is 0.316. The molecule has 0 fully saturated rings. The largest absolute Gasteiger partial charge is 0.311 e. The Kier molecular flexibility index (Phi) is 4.11. The average Bonchev–Trinajstić information content (AvgIpc) is 2.81. The van der Waals surface area contributed by atoms with Crippen LogP contribution in [0.25, 0.3) is 0 Å². The van der Waals surface area contributed by atoms with Crippen LogP contribution in [0.2, 0.25) is 0 Å². The number of anilines is 2. The second-order valence-corrected chi connectivity index (χ2v) is 8.82. The first-order valence-electron chi connectivity index (χ1n) is 8.12. The predicted octanol–water partition coefficient (Wildman–Crippen LogP) is 3.44. The third-order valence-corrected chi connectivity index (χ3v) is 5.91. The van der Waals surface area contributed by atoms with Gasteiger partial charge in [0.2, 0.25) is 5.91 Å². The summed E-state index contributed by atoms with van der Waals surface area (Å²) in [6.07, 6.45) is 0. The van der Waals surface area contributed by atoms with Crippen molar-refractivity contribution in [2.75, 3.05) is 16.2 Å². The molecule has 6 heteroatoms. The Labute approximate surface area is 148 Å². The van der Waals surface area contributed by atoms with Gasteiger partial charge in [0.25, 0.3) is 10.0 Å². The van der Waals surface area contributed by atoms with Gasteiger partial charge in [0.05, 0.1) is 4.90 Å². The number of benzene rings is 2. The molecule has 1 amide bonds. The van der Waals surface area contributed by atoms with E-state index in [-0.39, 0.29) is 16.2 Å². The van der Waals surface area contributed by atoms with Crippen LogP contribution in [0.15, 0.2) is 47.4 Å². The normalized spacial score (nSPS) is 15.8. The van der Waals surface area contributed by atoms with E-state index in [1.807, 2.05) is 32.9 Å². The highest BCUT2D eigenvalue weighted by molar-refractivity contribution is 7.92. The van der Waals surface area contributed by atoms with E-state index in [2.05, 4.69) is 4.72 Å². The van der Waals surface area contributed by atoms with Gasteiger partial charge in [0.15, 0.2) is 0 Å². The summed E-state index contributed by atoms with van der Waals surface area (Å²) < 4.78 is 28.0. The van der Waals surface area contributed by atoms with E-state index >= 15 is 0 Å². The van der Waals surface area contributed by atoms with Crippen LogP contribution in [-0.4, -0.2) is 20.9 Å². The van der Waals surface area contributed by atoms with Gasteiger partial charge in [-0.2, -0.15) is 0 Å². The zero-order valence-corrected chi connectivity index (χ0v) is 15.6. The van der Waals surface area contributed by atoms with Crippen LogP contribution in [0, 0.1) is 6.92 Å². The number of amides is 1. The molecule has 1 N–H and O–H groups in total. The number of aryl methyl sites for hydroxylation is 1. The summed E-state index contributed by atoms with van der Waals surface area (Å²) in [6, 6.07) is 12.1. The second kappa shape index (κ2) is 5.88. The van der Waals surface area contributed by atoms with Crippen LogP contribution in [0.3, 0.4) is 0 Å². The molecule has 132 valence electrons. The lowest BCUT2D eigenvalue weighted by Crippen LogP contribution is -2.31. The number of carbonyl (C=O) groups excluding carboxylic acids is 1. The van der Waals surface area contributed by atoms with Gasteiger partial charge in [-0.3, -0.25) is 9.52 Å². The summed E-state index contributed by atoms with van der Waals surface area (Å²) >= 11 is 0. The Balaban J connectivity index is 1.99. The Bertz CT molecular complexity index is 932. The summed E-state index contributed by atoms with van der Waals surface area (Å²) in [7, 11) is -3.69. The van der Waals surface area contributed by atoms with Gasteiger partial charge < -0.3 is 4.90 Å². The van der Waals surface area contributed by atoms with Crippen LogP contribution < -0.4 is 9.62 Å². The van der Waals surface area contributed by atoms with Gasteiger partial charge in [0, 0.05) is 30.3 Å². The van der Waals surface area contributed by atoms with E-state index in [0.29, 0.717) is 12.2 Å². The zero-order chi connectivity index (χ0) is 18.4. The van der Waals surface area contributed by atoms with Crippen LogP contribution in [0.5, 0.6) is 0 Å². The van der Waals surface area contributed by atoms with Gasteiger partial charge in [-0.25, -0.2) is 8.42 Å². The van der Waals surface area contributed by atoms with Crippen molar-refractivity contribution in [3.05, 3.63) is 53.6 Å². The first kappa shape index (κ1) is 17.5. The number of fused-ring (bicyclic) bond motifs is 1. The fourth-order valence-corrected chi connectivity index (χ4v) is 4.23. The molecule has 0 atom stereocenters. The van der Waals surface area contributed by atoms with E-state index in [1.54, 1.807) is 35.2 Å². The lowest BCUT2D eigenvalue weighted by Gasteiger charge is -2.19. The molecule has 1 heterocycles. The van der Waals surface area contributed by atoms with Crippen molar-refractivity contribution in [1.29, 1.82) is 0 Å². The lowest BCUT2D eigenvalue weighted by molar-refractivity contribution is -0.116. The zero-order valence-electron chi connectivity index (χ0n) is 14.8. The highest BCUT2D eigenvalue weighted by Crippen LogP contribution is 2.41. The second-order valence-electron chi connectivity index (χ2n) is 7.14. The summed E-state index contributed by atoms with van der Waals surface area (Å²) in [5.41, 5.74) is 2.94. The molecule has 0 spiro atoms. The Morgan fingerprint density at radius 2 is 1.76 bits per heavy atom. The number of nitrogens with zero attached hydrogens (tertiary/aromatic N) is 1. The van der Waals surface area contributed by atoms with Gasteiger partial charge in [-0.15, -0.1) is 0 Å². The number of hydrogen-bond donors (Lipinski definition) is 1. The molecular formula is C19H22N2O3S. The minimum Gasteiger partial charge on any atom is -0.311 e. The van der Waals surface area contributed by atoms with Crippen LogP contribution in [0.1, 0.15) is 31.9 Å². The maximum atomic E-state index is 12.7.